The Morgan fingerprint density at radius 1 is 1.29 bits per heavy atom. The maximum absolute atomic E-state index is 13.4. The highest BCUT2D eigenvalue weighted by Crippen LogP contribution is 2.24. The quantitative estimate of drug-likeness (QED) is 0.860. The lowest BCUT2D eigenvalue weighted by atomic mass is 10.1. The molecule has 1 aromatic rings. The molecule has 5 heteroatoms. The molecule has 1 unspecified atom stereocenters. The van der Waals surface area contributed by atoms with Crippen molar-refractivity contribution in [2.75, 3.05) is 18.5 Å². The van der Waals surface area contributed by atoms with Crippen LogP contribution in [0.1, 0.15) is 19.3 Å². The van der Waals surface area contributed by atoms with Gasteiger partial charge in [0.2, 0.25) is 0 Å². The first-order chi connectivity index (χ1) is 8.16. The maximum atomic E-state index is 13.4. The average Bonchev–Trinajstić information content (AvgIpc) is 2.33. The lowest BCUT2D eigenvalue weighted by Crippen LogP contribution is -2.27. The van der Waals surface area contributed by atoms with Crippen LogP contribution in [0.25, 0.3) is 0 Å². The lowest BCUT2D eigenvalue weighted by Gasteiger charge is -2.23. The minimum absolute atomic E-state index is 0.118. The molecular formula is C12H14BrF2NO. The van der Waals surface area contributed by atoms with E-state index in [9.17, 15) is 8.78 Å². The molecule has 0 aromatic heterocycles. The number of hydrogen-bond donors (Lipinski definition) is 1. The van der Waals surface area contributed by atoms with Gasteiger partial charge in [-0.1, -0.05) is 0 Å². The van der Waals surface area contributed by atoms with Crippen LogP contribution in [-0.4, -0.2) is 19.3 Å². The first-order valence-corrected chi connectivity index (χ1v) is 6.46. The highest BCUT2D eigenvalue weighted by Gasteiger charge is 2.15. The smallest absolute Gasteiger partial charge is 0.149 e. The number of ether oxygens (including phenoxy) is 1. The lowest BCUT2D eigenvalue weighted by molar-refractivity contribution is 0.0247. The van der Waals surface area contributed by atoms with Crippen molar-refractivity contribution in [1.29, 1.82) is 0 Å². The van der Waals surface area contributed by atoms with Crippen LogP contribution in [-0.2, 0) is 4.74 Å². The number of halogens is 3. The summed E-state index contributed by atoms with van der Waals surface area (Å²) in [6.45, 7) is 1.32. The van der Waals surface area contributed by atoms with Crippen LogP contribution in [0.3, 0.4) is 0 Å². The molecule has 0 radical (unpaired) electrons. The van der Waals surface area contributed by atoms with E-state index in [-0.39, 0.29) is 10.6 Å². The van der Waals surface area contributed by atoms with E-state index in [1.54, 1.807) is 0 Å². The molecule has 1 aromatic carbocycles. The molecule has 1 fully saturated rings. The van der Waals surface area contributed by atoms with Gasteiger partial charge in [0.15, 0.2) is 0 Å². The third kappa shape index (κ3) is 3.39. The summed E-state index contributed by atoms with van der Waals surface area (Å²) in [5.74, 6) is -1.18. The van der Waals surface area contributed by atoms with Gasteiger partial charge in [-0.15, -0.1) is 0 Å². The third-order valence-corrected chi connectivity index (χ3v) is 3.41. The van der Waals surface area contributed by atoms with Crippen LogP contribution in [0.2, 0.25) is 0 Å². The Kier molecular flexibility index (Phi) is 4.34. The zero-order valence-corrected chi connectivity index (χ0v) is 10.9. The number of benzene rings is 1. The zero-order chi connectivity index (χ0) is 12.3. The molecule has 1 heterocycles. The fraction of sp³-hybridized carbons (Fsp3) is 0.500. The van der Waals surface area contributed by atoms with E-state index in [4.69, 9.17) is 4.74 Å². The zero-order valence-electron chi connectivity index (χ0n) is 9.31. The number of nitrogens with one attached hydrogen (secondary N) is 1. The Bertz CT molecular complexity index is 394. The second-order valence-electron chi connectivity index (χ2n) is 4.12. The van der Waals surface area contributed by atoms with Crippen LogP contribution < -0.4 is 5.32 Å². The predicted octanol–water partition coefficient (Wildman–Crippen LogP) is 3.71. The van der Waals surface area contributed by atoms with Crippen LogP contribution in [0.4, 0.5) is 14.5 Å². The molecule has 1 aliphatic rings. The highest BCUT2D eigenvalue weighted by atomic mass is 79.9. The van der Waals surface area contributed by atoms with Crippen LogP contribution in [0.5, 0.6) is 0 Å². The van der Waals surface area contributed by atoms with E-state index in [0.29, 0.717) is 12.2 Å². The normalized spacial score (nSPS) is 20.3. The molecule has 1 N–H and O–H groups in total. The third-order valence-electron chi connectivity index (χ3n) is 2.80. The molecule has 0 bridgehead atoms. The van der Waals surface area contributed by atoms with Crippen molar-refractivity contribution in [2.24, 2.45) is 0 Å². The molecular weight excluding hydrogens is 292 g/mol. The molecule has 0 amide bonds. The number of hydrogen-bond acceptors (Lipinski definition) is 2. The van der Waals surface area contributed by atoms with Gasteiger partial charge >= 0.3 is 0 Å². The van der Waals surface area contributed by atoms with Crippen molar-refractivity contribution in [3.8, 4) is 0 Å². The number of anilines is 1. The standard InChI is InChI=1S/C12H14BrF2NO/c13-9-5-12(11(15)6-10(9)14)16-7-8-3-1-2-4-17-8/h5-6,8,16H,1-4,7H2. The van der Waals surface area contributed by atoms with Crippen LogP contribution in [0, 0.1) is 11.6 Å². The monoisotopic (exact) mass is 305 g/mol. The molecule has 17 heavy (non-hydrogen) atoms. The largest absolute Gasteiger partial charge is 0.380 e. The first-order valence-electron chi connectivity index (χ1n) is 5.67. The summed E-state index contributed by atoms with van der Waals surface area (Å²) in [6, 6.07) is 2.28. The van der Waals surface area contributed by atoms with Gasteiger partial charge in [-0.05, 0) is 41.3 Å². The summed E-state index contributed by atoms with van der Waals surface area (Å²) in [4.78, 5) is 0. The Morgan fingerprint density at radius 2 is 2.12 bits per heavy atom. The van der Waals surface area contributed by atoms with Gasteiger partial charge in [-0.3, -0.25) is 0 Å². The minimum atomic E-state index is -0.595. The van der Waals surface area contributed by atoms with Crippen LogP contribution in [0.15, 0.2) is 16.6 Å². The van der Waals surface area contributed by atoms with Gasteiger partial charge in [-0.25, -0.2) is 8.78 Å². The average molecular weight is 306 g/mol. The minimum Gasteiger partial charge on any atom is -0.380 e. The second kappa shape index (κ2) is 5.78. The van der Waals surface area contributed by atoms with Crippen LogP contribution >= 0.6 is 15.9 Å². The van der Waals surface area contributed by atoms with Crippen molar-refractivity contribution in [3.05, 3.63) is 28.2 Å². The van der Waals surface area contributed by atoms with Crippen molar-refractivity contribution in [3.63, 3.8) is 0 Å². The molecule has 0 spiro atoms. The molecule has 1 aliphatic heterocycles. The van der Waals surface area contributed by atoms with E-state index >= 15 is 0 Å². The predicted molar refractivity (Wildman–Crippen MR) is 66.1 cm³/mol. The molecule has 1 atom stereocenters. The first kappa shape index (κ1) is 12.8. The van der Waals surface area contributed by atoms with Gasteiger partial charge in [0.05, 0.1) is 16.3 Å². The van der Waals surface area contributed by atoms with Gasteiger partial charge in [0, 0.05) is 19.2 Å². The SMILES string of the molecule is Fc1cc(F)c(NCC2CCCCO2)cc1Br. The maximum Gasteiger partial charge on any atom is 0.149 e. The van der Waals surface area contributed by atoms with Crippen molar-refractivity contribution < 1.29 is 13.5 Å². The Hall–Kier alpha value is -0.680. The summed E-state index contributed by atoms with van der Waals surface area (Å²) < 4.78 is 32.2. The second-order valence-corrected chi connectivity index (χ2v) is 4.97. The van der Waals surface area contributed by atoms with Crippen molar-refractivity contribution in [1.82, 2.24) is 0 Å². The van der Waals surface area contributed by atoms with E-state index in [0.717, 1.165) is 31.9 Å². The summed E-state index contributed by atoms with van der Waals surface area (Å²) in [5, 5.41) is 2.95. The van der Waals surface area contributed by atoms with Gasteiger partial charge in [0.1, 0.15) is 11.6 Å². The summed E-state index contributed by atoms with van der Waals surface area (Å²) in [7, 11) is 0. The summed E-state index contributed by atoms with van der Waals surface area (Å²) in [5.41, 5.74) is 0.299. The van der Waals surface area contributed by atoms with Gasteiger partial charge < -0.3 is 10.1 Å². The van der Waals surface area contributed by atoms with E-state index in [2.05, 4.69) is 21.2 Å². The Morgan fingerprint density at radius 3 is 2.82 bits per heavy atom. The van der Waals surface area contributed by atoms with Crippen molar-refractivity contribution in [2.45, 2.75) is 25.4 Å². The molecule has 2 nitrogen and oxygen atoms in total. The van der Waals surface area contributed by atoms with E-state index < -0.39 is 11.6 Å². The molecule has 0 saturated carbocycles. The summed E-state index contributed by atoms with van der Waals surface area (Å²) >= 11 is 3.03. The fourth-order valence-corrected chi connectivity index (χ4v) is 2.19. The topological polar surface area (TPSA) is 21.3 Å². The molecule has 94 valence electrons. The Balaban J connectivity index is 1.96. The summed E-state index contributed by atoms with van der Waals surface area (Å²) in [6.07, 6.45) is 3.33. The molecule has 0 aliphatic carbocycles. The molecule has 2 rings (SSSR count). The van der Waals surface area contributed by atoms with Gasteiger partial charge in [0.25, 0.3) is 0 Å². The fourth-order valence-electron chi connectivity index (χ4n) is 1.85. The number of rotatable bonds is 3. The van der Waals surface area contributed by atoms with E-state index in [1.165, 1.54) is 6.07 Å². The van der Waals surface area contributed by atoms with E-state index in [1.807, 2.05) is 0 Å². The molecule has 1 saturated heterocycles. The van der Waals surface area contributed by atoms with Crippen molar-refractivity contribution >= 4 is 21.6 Å². The highest BCUT2D eigenvalue weighted by molar-refractivity contribution is 9.10. The Labute approximate surface area is 107 Å². The van der Waals surface area contributed by atoms with Gasteiger partial charge in [-0.2, -0.15) is 0 Å².